The van der Waals surface area contributed by atoms with Gasteiger partial charge in [0, 0.05) is 25.4 Å². The van der Waals surface area contributed by atoms with Crippen molar-refractivity contribution in [2.24, 2.45) is 0 Å². The van der Waals surface area contributed by atoms with E-state index < -0.39 is 0 Å². The molecule has 0 aliphatic carbocycles. The molecular weight excluding hydrogens is 232 g/mol. The Morgan fingerprint density at radius 1 is 1.35 bits per heavy atom. The van der Waals surface area contributed by atoms with E-state index in [0.717, 1.165) is 28.7 Å². The highest BCUT2D eigenvalue weighted by molar-refractivity contribution is 7.15. The van der Waals surface area contributed by atoms with Crippen molar-refractivity contribution in [3.8, 4) is 0 Å². The van der Waals surface area contributed by atoms with Crippen LogP contribution < -0.4 is 5.32 Å². The maximum atomic E-state index is 4.16. The highest BCUT2D eigenvalue weighted by atomic mass is 32.1. The minimum Gasteiger partial charge on any atom is -0.356 e. The molecule has 0 aliphatic rings. The van der Waals surface area contributed by atoms with Crippen LogP contribution in [-0.2, 0) is 13.0 Å². The van der Waals surface area contributed by atoms with Crippen LogP contribution in [0, 0.1) is 0 Å². The number of anilines is 1. The summed E-state index contributed by atoms with van der Waals surface area (Å²) >= 11 is 1.64. The number of hydrogen-bond acceptors (Lipinski definition) is 5. The van der Waals surface area contributed by atoms with Crippen molar-refractivity contribution >= 4 is 16.5 Å². The van der Waals surface area contributed by atoms with Crippen LogP contribution in [0.15, 0.2) is 24.5 Å². The van der Waals surface area contributed by atoms with Crippen molar-refractivity contribution in [2.45, 2.75) is 32.7 Å². The van der Waals surface area contributed by atoms with Crippen molar-refractivity contribution in [3.63, 3.8) is 0 Å². The third-order valence-electron chi connectivity index (χ3n) is 2.38. The van der Waals surface area contributed by atoms with Gasteiger partial charge in [-0.3, -0.25) is 4.98 Å². The molecule has 2 heterocycles. The molecule has 0 saturated carbocycles. The van der Waals surface area contributed by atoms with Crippen molar-refractivity contribution in [2.75, 3.05) is 5.32 Å². The average molecular weight is 248 g/mol. The molecule has 2 aromatic heterocycles. The molecule has 0 unspecified atom stereocenters. The van der Waals surface area contributed by atoms with E-state index in [9.17, 15) is 0 Å². The molecule has 0 spiro atoms. The first-order valence-corrected chi connectivity index (χ1v) is 6.65. The predicted molar refractivity (Wildman–Crippen MR) is 70.1 cm³/mol. The Kier molecular flexibility index (Phi) is 4.44. The fraction of sp³-hybridized carbons (Fsp3) is 0.417. The van der Waals surface area contributed by atoms with Crippen LogP contribution in [-0.4, -0.2) is 15.2 Å². The third kappa shape index (κ3) is 3.78. The van der Waals surface area contributed by atoms with Gasteiger partial charge in [-0.25, -0.2) is 0 Å². The fourth-order valence-electron chi connectivity index (χ4n) is 1.43. The quantitative estimate of drug-likeness (QED) is 0.854. The van der Waals surface area contributed by atoms with Crippen molar-refractivity contribution in [3.05, 3.63) is 35.1 Å². The summed E-state index contributed by atoms with van der Waals surface area (Å²) < 4.78 is 0. The Morgan fingerprint density at radius 3 is 3.06 bits per heavy atom. The van der Waals surface area contributed by atoms with Crippen LogP contribution in [0.4, 0.5) is 5.13 Å². The number of pyridine rings is 1. The zero-order valence-corrected chi connectivity index (χ0v) is 10.7. The van der Waals surface area contributed by atoms with Gasteiger partial charge in [0.25, 0.3) is 0 Å². The summed E-state index contributed by atoms with van der Waals surface area (Å²) in [6.45, 7) is 2.93. The van der Waals surface area contributed by atoms with Gasteiger partial charge in [0.1, 0.15) is 5.01 Å². The molecule has 0 aromatic carbocycles. The zero-order chi connectivity index (χ0) is 11.9. The van der Waals surface area contributed by atoms with E-state index in [-0.39, 0.29) is 0 Å². The molecule has 1 N–H and O–H groups in total. The summed E-state index contributed by atoms with van der Waals surface area (Å²) in [6, 6.07) is 3.98. The summed E-state index contributed by atoms with van der Waals surface area (Å²) in [6.07, 6.45) is 7.03. The van der Waals surface area contributed by atoms with Gasteiger partial charge in [-0.15, -0.1) is 10.2 Å². The zero-order valence-electron chi connectivity index (χ0n) is 9.89. The molecule has 0 radical (unpaired) electrons. The topological polar surface area (TPSA) is 50.7 Å². The first-order valence-electron chi connectivity index (χ1n) is 5.83. The highest BCUT2D eigenvalue weighted by Gasteiger charge is 2.03. The molecule has 0 saturated heterocycles. The molecule has 0 aliphatic heterocycles. The van der Waals surface area contributed by atoms with Gasteiger partial charge in [0.05, 0.1) is 0 Å². The Hall–Kier alpha value is -1.49. The standard InChI is InChI=1S/C12H16N4S/c1-2-3-6-11-15-16-12(17-11)14-9-10-5-4-7-13-8-10/h4-5,7-8H,2-3,6,9H2,1H3,(H,14,16). The summed E-state index contributed by atoms with van der Waals surface area (Å²) in [4.78, 5) is 4.07. The van der Waals surface area contributed by atoms with Crippen molar-refractivity contribution < 1.29 is 0 Å². The Balaban J connectivity index is 1.85. The number of hydrogen-bond donors (Lipinski definition) is 1. The smallest absolute Gasteiger partial charge is 0.205 e. The van der Waals surface area contributed by atoms with E-state index in [2.05, 4.69) is 27.4 Å². The van der Waals surface area contributed by atoms with E-state index in [0.29, 0.717) is 0 Å². The van der Waals surface area contributed by atoms with Gasteiger partial charge < -0.3 is 5.32 Å². The summed E-state index contributed by atoms with van der Waals surface area (Å²) in [7, 11) is 0. The highest BCUT2D eigenvalue weighted by Crippen LogP contribution is 2.17. The lowest BCUT2D eigenvalue weighted by Gasteiger charge is -2.00. The third-order valence-corrected chi connectivity index (χ3v) is 3.32. The maximum absolute atomic E-state index is 4.16. The second-order valence-corrected chi connectivity index (χ2v) is 4.88. The molecule has 0 bridgehead atoms. The molecule has 2 aromatic rings. The second-order valence-electron chi connectivity index (χ2n) is 3.82. The number of nitrogens with zero attached hydrogens (tertiary/aromatic N) is 3. The van der Waals surface area contributed by atoms with E-state index in [4.69, 9.17) is 0 Å². The second kappa shape index (κ2) is 6.30. The normalized spacial score (nSPS) is 10.4. The molecular formula is C12H16N4S. The van der Waals surface area contributed by atoms with E-state index in [1.54, 1.807) is 17.5 Å². The molecule has 0 atom stereocenters. The molecule has 0 amide bonds. The number of aryl methyl sites for hydroxylation is 1. The van der Waals surface area contributed by atoms with Crippen molar-refractivity contribution in [1.82, 2.24) is 15.2 Å². The molecule has 17 heavy (non-hydrogen) atoms. The Bertz CT molecular complexity index is 441. The van der Waals surface area contributed by atoms with Crippen LogP contribution in [0.2, 0.25) is 0 Å². The van der Waals surface area contributed by atoms with Crippen LogP contribution >= 0.6 is 11.3 Å². The van der Waals surface area contributed by atoms with Gasteiger partial charge in [-0.05, 0) is 18.1 Å². The van der Waals surface area contributed by atoms with Crippen LogP contribution in [0.3, 0.4) is 0 Å². The van der Waals surface area contributed by atoms with Gasteiger partial charge >= 0.3 is 0 Å². The minimum atomic E-state index is 0.746. The first-order chi connectivity index (χ1) is 8.38. The van der Waals surface area contributed by atoms with Gasteiger partial charge in [0.2, 0.25) is 5.13 Å². The van der Waals surface area contributed by atoms with E-state index >= 15 is 0 Å². The molecule has 0 fully saturated rings. The van der Waals surface area contributed by atoms with Crippen molar-refractivity contribution in [1.29, 1.82) is 0 Å². The summed E-state index contributed by atoms with van der Waals surface area (Å²) in [5.74, 6) is 0. The molecule has 2 rings (SSSR count). The van der Waals surface area contributed by atoms with Gasteiger partial charge in [-0.1, -0.05) is 30.7 Å². The van der Waals surface area contributed by atoms with Crippen LogP contribution in [0.25, 0.3) is 0 Å². The monoisotopic (exact) mass is 248 g/mol. The SMILES string of the molecule is CCCCc1nnc(NCc2cccnc2)s1. The Morgan fingerprint density at radius 2 is 2.29 bits per heavy atom. The average Bonchev–Trinajstić information content (AvgIpc) is 2.83. The Labute approximate surface area is 105 Å². The number of nitrogens with one attached hydrogen (secondary N) is 1. The number of unbranched alkanes of at least 4 members (excludes halogenated alkanes) is 1. The summed E-state index contributed by atoms with van der Waals surface area (Å²) in [5, 5.41) is 13.5. The fourth-order valence-corrected chi connectivity index (χ4v) is 2.21. The largest absolute Gasteiger partial charge is 0.356 e. The lowest BCUT2D eigenvalue weighted by atomic mass is 10.3. The lowest BCUT2D eigenvalue weighted by Crippen LogP contribution is -1.98. The van der Waals surface area contributed by atoms with Gasteiger partial charge in [-0.2, -0.15) is 0 Å². The van der Waals surface area contributed by atoms with Gasteiger partial charge in [0.15, 0.2) is 0 Å². The van der Waals surface area contributed by atoms with E-state index in [1.807, 2.05) is 18.3 Å². The molecule has 90 valence electrons. The molecule has 5 heteroatoms. The lowest BCUT2D eigenvalue weighted by molar-refractivity contribution is 0.779. The van der Waals surface area contributed by atoms with E-state index in [1.165, 1.54) is 12.8 Å². The maximum Gasteiger partial charge on any atom is 0.205 e. The minimum absolute atomic E-state index is 0.746. The summed E-state index contributed by atoms with van der Waals surface area (Å²) in [5.41, 5.74) is 1.15. The molecule has 4 nitrogen and oxygen atoms in total. The number of rotatable bonds is 6. The van der Waals surface area contributed by atoms with Crippen LogP contribution in [0.5, 0.6) is 0 Å². The first kappa shape index (κ1) is 12.0. The predicted octanol–water partition coefficient (Wildman–Crippen LogP) is 2.89. The van der Waals surface area contributed by atoms with Crippen LogP contribution in [0.1, 0.15) is 30.3 Å². The number of aromatic nitrogens is 3.